The van der Waals surface area contributed by atoms with E-state index in [0.29, 0.717) is 31.7 Å². The number of hydrogen-bond acceptors (Lipinski definition) is 2. The monoisotopic (exact) mass is 242 g/mol. The molecule has 0 spiro atoms. The van der Waals surface area contributed by atoms with E-state index in [2.05, 4.69) is 0 Å². The van der Waals surface area contributed by atoms with Crippen molar-refractivity contribution in [1.82, 2.24) is 0 Å². The Labute approximate surface area is 96.7 Å². The highest BCUT2D eigenvalue weighted by atomic mass is 19.1. The Morgan fingerprint density at radius 1 is 1.18 bits per heavy atom. The van der Waals surface area contributed by atoms with Crippen LogP contribution in [0.5, 0.6) is 5.75 Å². The smallest absolute Gasteiger partial charge is 0.314 e. The van der Waals surface area contributed by atoms with Crippen molar-refractivity contribution in [1.29, 1.82) is 0 Å². The molecular formula is C12H12F2O3. The summed E-state index contributed by atoms with van der Waals surface area (Å²) in [5.74, 6) is -3.80. The van der Waals surface area contributed by atoms with Crippen molar-refractivity contribution >= 4 is 5.97 Å². The lowest BCUT2D eigenvalue weighted by atomic mass is 9.78. The Kier molecular flexibility index (Phi) is 2.77. The molecule has 17 heavy (non-hydrogen) atoms. The molecule has 0 heterocycles. The van der Waals surface area contributed by atoms with Crippen LogP contribution in [0.4, 0.5) is 8.78 Å². The maximum atomic E-state index is 13.7. The summed E-state index contributed by atoms with van der Waals surface area (Å²) >= 11 is 0. The van der Waals surface area contributed by atoms with Crippen LogP contribution < -0.4 is 0 Å². The van der Waals surface area contributed by atoms with Gasteiger partial charge < -0.3 is 10.2 Å². The third-order valence-electron chi connectivity index (χ3n) is 3.42. The fraction of sp³-hybridized carbons (Fsp3) is 0.417. The molecule has 2 N–H and O–H groups in total. The quantitative estimate of drug-likeness (QED) is 0.837. The Morgan fingerprint density at radius 2 is 1.76 bits per heavy atom. The number of benzene rings is 1. The SMILES string of the molecule is O=C(O)C1(c2cc(F)c(O)cc2F)CCCC1. The molecule has 0 bridgehead atoms. The van der Waals surface area contributed by atoms with Crippen LogP contribution in [0, 0.1) is 11.6 Å². The topological polar surface area (TPSA) is 57.5 Å². The van der Waals surface area contributed by atoms with Crippen molar-refractivity contribution in [2.75, 3.05) is 0 Å². The summed E-state index contributed by atoms with van der Waals surface area (Å²) in [6.45, 7) is 0. The average molecular weight is 242 g/mol. The fourth-order valence-electron chi connectivity index (χ4n) is 2.48. The summed E-state index contributed by atoms with van der Waals surface area (Å²) in [4.78, 5) is 11.3. The molecule has 5 heteroatoms. The maximum absolute atomic E-state index is 13.7. The van der Waals surface area contributed by atoms with Crippen LogP contribution in [-0.4, -0.2) is 16.2 Å². The molecule has 1 fully saturated rings. The number of rotatable bonds is 2. The van der Waals surface area contributed by atoms with E-state index in [-0.39, 0.29) is 5.56 Å². The molecule has 3 nitrogen and oxygen atoms in total. The molecule has 92 valence electrons. The van der Waals surface area contributed by atoms with Crippen molar-refractivity contribution < 1.29 is 23.8 Å². The van der Waals surface area contributed by atoms with Gasteiger partial charge in [-0.3, -0.25) is 4.79 Å². The molecule has 1 aromatic carbocycles. The summed E-state index contributed by atoms with van der Waals surface area (Å²) in [6.07, 6.45) is 1.94. The minimum Gasteiger partial charge on any atom is -0.505 e. The number of phenolic OH excluding ortho intramolecular Hbond substituents is 1. The molecule has 1 aromatic rings. The van der Waals surface area contributed by atoms with Gasteiger partial charge in [0.15, 0.2) is 11.6 Å². The second-order valence-electron chi connectivity index (χ2n) is 4.38. The zero-order valence-corrected chi connectivity index (χ0v) is 9.04. The van der Waals surface area contributed by atoms with E-state index in [9.17, 15) is 18.7 Å². The van der Waals surface area contributed by atoms with Crippen molar-refractivity contribution in [3.05, 3.63) is 29.3 Å². The molecule has 0 amide bonds. The first-order valence-electron chi connectivity index (χ1n) is 5.39. The highest BCUT2D eigenvalue weighted by Gasteiger charge is 2.45. The number of aliphatic carboxylic acids is 1. The number of carboxylic acids is 1. The Balaban J connectivity index is 2.58. The average Bonchev–Trinajstić information content (AvgIpc) is 2.73. The summed E-state index contributed by atoms with van der Waals surface area (Å²) in [5, 5.41) is 18.3. The minimum atomic E-state index is -1.35. The number of phenols is 1. The first kappa shape index (κ1) is 11.8. The number of aromatic hydroxyl groups is 1. The van der Waals surface area contributed by atoms with Gasteiger partial charge in [-0.15, -0.1) is 0 Å². The predicted octanol–water partition coefficient (Wildman–Crippen LogP) is 2.57. The molecule has 1 aliphatic rings. The van der Waals surface area contributed by atoms with Crippen LogP contribution >= 0.6 is 0 Å². The first-order chi connectivity index (χ1) is 7.97. The van der Waals surface area contributed by atoms with Crippen LogP contribution in [0.3, 0.4) is 0 Å². The number of carboxylic acid groups (broad SMARTS) is 1. The number of hydrogen-bond donors (Lipinski definition) is 2. The Bertz CT molecular complexity index is 465. The molecule has 0 unspecified atom stereocenters. The second-order valence-corrected chi connectivity index (χ2v) is 4.38. The van der Waals surface area contributed by atoms with Gasteiger partial charge in [-0.1, -0.05) is 12.8 Å². The van der Waals surface area contributed by atoms with Crippen molar-refractivity contribution in [3.8, 4) is 5.75 Å². The van der Waals surface area contributed by atoms with Crippen molar-refractivity contribution in [2.24, 2.45) is 0 Å². The van der Waals surface area contributed by atoms with Crippen LogP contribution in [-0.2, 0) is 10.2 Å². The van der Waals surface area contributed by atoms with E-state index in [1.807, 2.05) is 0 Å². The summed E-state index contributed by atoms with van der Waals surface area (Å²) in [7, 11) is 0. The van der Waals surface area contributed by atoms with Gasteiger partial charge in [0.2, 0.25) is 0 Å². The zero-order valence-electron chi connectivity index (χ0n) is 9.04. The lowest BCUT2D eigenvalue weighted by Crippen LogP contribution is -2.33. The molecule has 0 radical (unpaired) electrons. The molecule has 0 saturated heterocycles. The summed E-state index contributed by atoms with van der Waals surface area (Å²) in [6, 6.07) is 1.43. The van der Waals surface area contributed by atoms with E-state index in [0.717, 1.165) is 6.07 Å². The lowest BCUT2D eigenvalue weighted by Gasteiger charge is -2.24. The van der Waals surface area contributed by atoms with Crippen LogP contribution in [0.1, 0.15) is 31.2 Å². The number of carbonyl (C=O) groups is 1. The second kappa shape index (κ2) is 3.98. The third-order valence-corrected chi connectivity index (χ3v) is 3.42. The van der Waals surface area contributed by atoms with Crippen LogP contribution in [0.2, 0.25) is 0 Å². The summed E-state index contributed by atoms with van der Waals surface area (Å²) < 4.78 is 26.9. The lowest BCUT2D eigenvalue weighted by molar-refractivity contribution is -0.143. The highest BCUT2D eigenvalue weighted by Crippen LogP contribution is 2.43. The van der Waals surface area contributed by atoms with Crippen molar-refractivity contribution in [2.45, 2.75) is 31.1 Å². The molecule has 1 saturated carbocycles. The molecule has 0 aromatic heterocycles. The largest absolute Gasteiger partial charge is 0.505 e. The standard InChI is InChI=1S/C12H12F2O3/c13-8-6-10(15)9(14)5-7(8)12(11(16)17)3-1-2-4-12/h5-6,15H,1-4H2,(H,16,17). The fourth-order valence-corrected chi connectivity index (χ4v) is 2.48. The van der Waals surface area contributed by atoms with Gasteiger partial charge in [0.1, 0.15) is 5.82 Å². The molecule has 0 aliphatic heterocycles. The Morgan fingerprint density at radius 3 is 2.29 bits per heavy atom. The first-order valence-corrected chi connectivity index (χ1v) is 5.39. The van der Waals surface area contributed by atoms with Crippen LogP contribution in [0.15, 0.2) is 12.1 Å². The molecule has 0 atom stereocenters. The van der Waals surface area contributed by atoms with Gasteiger partial charge in [0, 0.05) is 11.6 Å². The van der Waals surface area contributed by atoms with Gasteiger partial charge >= 0.3 is 5.97 Å². The molecule has 1 aliphatic carbocycles. The van der Waals surface area contributed by atoms with Gasteiger partial charge in [-0.25, -0.2) is 8.78 Å². The predicted molar refractivity (Wildman–Crippen MR) is 55.8 cm³/mol. The number of halogens is 2. The van der Waals surface area contributed by atoms with E-state index in [4.69, 9.17) is 5.11 Å². The highest BCUT2D eigenvalue weighted by molar-refractivity contribution is 5.82. The normalized spacial score (nSPS) is 18.2. The van der Waals surface area contributed by atoms with Gasteiger partial charge in [-0.05, 0) is 18.9 Å². The molecular weight excluding hydrogens is 230 g/mol. The minimum absolute atomic E-state index is 0.169. The molecule has 2 rings (SSSR count). The third kappa shape index (κ3) is 1.75. The summed E-state index contributed by atoms with van der Waals surface area (Å²) in [5.41, 5.74) is -1.52. The van der Waals surface area contributed by atoms with Gasteiger partial charge in [-0.2, -0.15) is 0 Å². The van der Waals surface area contributed by atoms with E-state index in [1.165, 1.54) is 0 Å². The van der Waals surface area contributed by atoms with Crippen LogP contribution in [0.25, 0.3) is 0 Å². The van der Waals surface area contributed by atoms with E-state index in [1.54, 1.807) is 0 Å². The van der Waals surface area contributed by atoms with E-state index >= 15 is 0 Å². The maximum Gasteiger partial charge on any atom is 0.314 e. The van der Waals surface area contributed by atoms with E-state index < -0.39 is 28.8 Å². The van der Waals surface area contributed by atoms with Crippen molar-refractivity contribution in [3.63, 3.8) is 0 Å². The zero-order chi connectivity index (χ0) is 12.6. The van der Waals surface area contributed by atoms with Gasteiger partial charge in [0.05, 0.1) is 5.41 Å². The Hall–Kier alpha value is -1.65. The van der Waals surface area contributed by atoms with Gasteiger partial charge in [0.25, 0.3) is 0 Å².